The van der Waals surface area contributed by atoms with Gasteiger partial charge in [-0.3, -0.25) is 0 Å². The van der Waals surface area contributed by atoms with Crippen LogP contribution in [0.4, 0.5) is 0 Å². The number of carboxylic acid groups (broad SMARTS) is 1. The number of aromatic nitrogens is 2. The number of carboxylic acids is 1. The molecule has 0 atom stereocenters. The van der Waals surface area contributed by atoms with Crippen LogP contribution in [0, 0.1) is 6.92 Å². The second-order valence-electron chi connectivity index (χ2n) is 7.85. The average molecular weight is 583 g/mol. The molecule has 37 heavy (non-hydrogen) atoms. The number of rotatable bonds is 10. The van der Waals surface area contributed by atoms with E-state index in [1.165, 1.54) is 20.3 Å². The summed E-state index contributed by atoms with van der Waals surface area (Å²) in [5, 5.41) is 18.0. The predicted octanol–water partition coefficient (Wildman–Crippen LogP) is 6.62. The summed E-state index contributed by atoms with van der Waals surface area (Å²) in [5.41, 5.74) is 3.33. The lowest BCUT2D eigenvalue weighted by atomic mass is 10.1. The van der Waals surface area contributed by atoms with Gasteiger partial charge in [-0.1, -0.05) is 45.8 Å². The van der Waals surface area contributed by atoms with E-state index in [0.29, 0.717) is 35.0 Å². The number of halogens is 1. The molecule has 1 N–H and O–H groups in total. The second kappa shape index (κ2) is 12.0. The van der Waals surface area contributed by atoms with E-state index in [4.69, 9.17) is 18.6 Å². The smallest absolute Gasteiger partial charge is 0.342 e. The van der Waals surface area contributed by atoms with Crippen molar-refractivity contribution in [2.75, 3.05) is 14.2 Å². The van der Waals surface area contributed by atoms with Gasteiger partial charge in [-0.25, -0.2) is 4.79 Å². The molecule has 0 saturated carbocycles. The van der Waals surface area contributed by atoms with Crippen molar-refractivity contribution in [2.24, 2.45) is 0 Å². The van der Waals surface area contributed by atoms with E-state index < -0.39 is 5.97 Å². The van der Waals surface area contributed by atoms with E-state index in [1.54, 1.807) is 30.3 Å². The van der Waals surface area contributed by atoms with Gasteiger partial charge >= 0.3 is 5.97 Å². The Morgan fingerprint density at radius 1 is 1.03 bits per heavy atom. The summed E-state index contributed by atoms with van der Waals surface area (Å²) < 4.78 is 23.1. The van der Waals surface area contributed by atoms with Crippen molar-refractivity contribution in [3.8, 4) is 28.7 Å². The number of aliphatic carboxylic acids is 1. The first kappa shape index (κ1) is 26.3. The van der Waals surface area contributed by atoms with Gasteiger partial charge in [0, 0.05) is 21.7 Å². The Kier molecular flexibility index (Phi) is 8.52. The van der Waals surface area contributed by atoms with Crippen molar-refractivity contribution in [3.05, 3.63) is 86.7 Å². The van der Waals surface area contributed by atoms with Gasteiger partial charge in [0.15, 0.2) is 0 Å². The zero-order valence-electron chi connectivity index (χ0n) is 20.2. The third-order valence-electron chi connectivity index (χ3n) is 5.19. The lowest BCUT2D eigenvalue weighted by Gasteiger charge is -2.11. The largest absolute Gasteiger partial charge is 0.497 e. The van der Waals surface area contributed by atoms with Gasteiger partial charge < -0.3 is 23.7 Å². The molecule has 1 aromatic heterocycles. The summed E-state index contributed by atoms with van der Waals surface area (Å²) in [5.74, 6) is 0.713. The Balaban J connectivity index is 1.58. The molecule has 0 aliphatic heterocycles. The molecule has 0 radical (unpaired) electrons. The van der Waals surface area contributed by atoms with E-state index in [-0.39, 0.29) is 16.0 Å². The molecule has 8 nitrogen and oxygen atoms in total. The maximum Gasteiger partial charge on any atom is 0.342 e. The van der Waals surface area contributed by atoms with Crippen molar-refractivity contribution < 1.29 is 28.5 Å². The normalized spacial score (nSPS) is 11.3. The highest BCUT2D eigenvalue weighted by Crippen LogP contribution is 2.35. The third-order valence-corrected chi connectivity index (χ3v) is 6.53. The molecule has 0 aliphatic carbocycles. The van der Waals surface area contributed by atoms with Crippen LogP contribution < -0.4 is 14.2 Å². The highest BCUT2D eigenvalue weighted by Gasteiger charge is 2.18. The van der Waals surface area contributed by atoms with Gasteiger partial charge in [0.05, 0.1) is 14.2 Å². The first-order valence-corrected chi connectivity index (χ1v) is 12.6. The summed E-state index contributed by atoms with van der Waals surface area (Å²) >= 11 is 4.29. The number of aryl methyl sites for hydroxylation is 1. The molecule has 190 valence electrons. The molecule has 3 aromatic carbocycles. The monoisotopic (exact) mass is 582 g/mol. The molecule has 0 bridgehead atoms. The van der Waals surface area contributed by atoms with Crippen LogP contribution in [0.15, 0.2) is 79.7 Å². The standard InChI is InChI=1S/C27H23BrN2O6S/c1-16-4-6-17(7-5-16)15-35-23-9-8-20(28)10-18(23)13-24(26(31)32)37-27-30-29-25(36-27)19-11-21(33-2)14-22(12-19)34-3/h4-14H,15H2,1-3H3,(H,31,32)/b24-13-. The minimum Gasteiger partial charge on any atom is -0.497 e. The van der Waals surface area contributed by atoms with E-state index in [0.717, 1.165) is 27.4 Å². The lowest BCUT2D eigenvalue weighted by Crippen LogP contribution is -2.00. The first-order chi connectivity index (χ1) is 17.8. The highest BCUT2D eigenvalue weighted by atomic mass is 79.9. The first-order valence-electron chi connectivity index (χ1n) is 11.0. The van der Waals surface area contributed by atoms with Crippen LogP contribution >= 0.6 is 27.7 Å². The van der Waals surface area contributed by atoms with E-state index in [1.807, 2.05) is 37.3 Å². The fourth-order valence-electron chi connectivity index (χ4n) is 3.28. The molecule has 0 spiro atoms. The third kappa shape index (κ3) is 6.93. The van der Waals surface area contributed by atoms with Crippen LogP contribution in [-0.2, 0) is 11.4 Å². The molecular weight excluding hydrogens is 560 g/mol. The number of hydrogen-bond acceptors (Lipinski definition) is 8. The van der Waals surface area contributed by atoms with Crippen LogP contribution in [-0.4, -0.2) is 35.5 Å². The van der Waals surface area contributed by atoms with Crippen molar-refractivity contribution >= 4 is 39.7 Å². The SMILES string of the molecule is COc1cc(OC)cc(-c2nnc(S/C(=C\c3cc(Br)ccc3OCc3ccc(C)cc3)C(=O)O)o2)c1. The molecule has 0 saturated heterocycles. The Bertz CT molecular complexity index is 1410. The van der Waals surface area contributed by atoms with Gasteiger partial charge in [0.2, 0.25) is 5.89 Å². The number of benzene rings is 3. The molecule has 4 aromatic rings. The number of methoxy groups -OCH3 is 2. The number of thioether (sulfide) groups is 1. The van der Waals surface area contributed by atoms with Crippen LogP contribution in [0.3, 0.4) is 0 Å². The molecule has 10 heteroatoms. The fraction of sp³-hybridized carbons (Fsp3) is 0.148. The van der Waals surface area contributed by atoms with Crippen LogP contribution in [0.1, 0.15) is 16.7 Å². The lowest BCUT2D eigenvalue weighted by molar-refractivity contribution is -0.131. The zero-order valence-corrected chi connectivity index (χ0v) is 22.6. The Hall–Kier alpha value is -3.76. The number of ether oxygens (including phenoxy) is 3. The van der Waals surface area contributed by atoms with E-state index >= 15 is 0 Å². The van der Waals surface area contributed by atoms with Gasteiger partial charge in [-0.15, -0.1) is 10.2 Å². The summed E-state index contributed by atoms with van der Waals surface area (Å²) in [6.07, 6.45) is 1.51. The van der Waals surface area contributed by atoms with Crippen LogP contribution in [0.2, 0.25) is 0 Å². The molecule has 0 unspecified atom stereocenters. The quantitative estimate of drug-likeness (QED) is 0.163. The zero-order chi connectivity index (χ0) is 26.4. The molecule has 1 heterocycles. The number of carbonyl (C=O) groups is 1. The predicted molar refractivity (Wildman–Crippen MR) is 144 cm³/mol. The van der Waals surface area contributed by atoms with Gasteiger partial charge in [-0.05, 0) is 60.7 Å². The number of hydrogen-bond donors (Lipinski definition) is 1. The second-order valence-corrected chi connectivity index (χ2v) is 9.76. The van der Waals surface area contributed by atoms with E-state index in [2.05, 4.69) is 26.1 Å². The number of nitrogens with zero attached hydrogens (tertiary/aromatic N) is 2. The topological polar surface area (TPSA) is 104 Å². The molecular formula is C27H23BrN2O6S. The minimum atomic E-state index is -1.14. The Morgan fingerprint density at radius 3 is 2.38 bits per heavy atom. The van der Waals surface area contributed by atoms with Gasteiger partial charge in [0.25, 0.3) is 5.22 Å². The Morgan fingerprint density at radius 2 is 1.73 bits per heavy atom. The summed E-state index contributed by atoms with van der Waals surface area (Å²) in [7, 11) is 3.08. The average Bonchev–Trinajstić information content (AvgIpc) is 3.37. The molecule has 0 amide bonds. The molecule has 0 aliphatic rings. The minimum absolute atomic E-state index is 0.0169. The van der Waals surface area contributed by atoms with Crippen LogP contribution in [0.5, 0.6) is 17.2 Å². The highest BCUT2D eigenvalue weighted by molar-refractivity contribution is 9.10. The van der Waals surface area contributed by atoms with Crippen molar-refractivity contribution in [3.63, 3.8) is 0 Å². The Labute approximate surface area is 226 Å². The van der Waals surface area contributed by atoms with Crippen LogP contribution in [0.25, 0.3) is 17.5 Å². The fourth-order valence-corrected chi connectivity index (χ4v) is 4.32. The van der Waals surface area contributed by atoms with Crippen molar-refractivity contribution in [1.82, 2.24) is 10.2 Å². The van der Waals surface area contributed by atoms with E-state index in [9.17, 15) is 9.90 Å². The van der Waals surface area contributed by atoms with Crippen molar-refractivity contribution in [2.45, 2.75) is 18.8 Å². The maximum atomic E-state index is 12.1. The molecule has 4 rings (SSSR count). The summed E-state index contributed by atoms with van der Waals surface area (Å²) in [6.45, 7) is 2.36. The van der Waals surface area contributed by atoms with Crippen molar-refractivity contribution in [1.29, 1.82) is 0 Å². The molecule has 0 fully saturated rings. The maximum absolute atomic E-state index is 12.1. The van der Waals surface area contributed by atoms with Gasteiger partial charge in [0.1, 0.15) is 28.8 Å². The van der Waals surface area contributed by atoms with Gasteiger partial charge in [-0.2, -0.15) is 0 Å². The summed E-state index contributed by atoms with van der Waals surface area (Å²) in [6, 6.07) is 18.6. The summed E-state index contributed by atoms with van der Waals surface area (Å²) in [4.78, 5) is 12.1.